The fraction of sp³-hybridized carbons (Fsp3) is 0.611. The summed E-state index contributed by atoms with van der Waals surface area (Å²) in [5.74, 6) is 0.745. The van der Waals surface area contributed by atoms with E-state index in [4.69, 9.17) is 10.5 Å². The molecular formula is C18H29N3O2. The predicted octanol–water partition coefficient (Wildman–Crippen LogP) is 3.02. The standard InChI is InChI=1S/C18H29N3O2/c1-13-6-8-15(9-7-13)23-12-20-16(22)21-17(2,3)10-14(19)11-18(21,4)5/h6-9,14H,10-12,19H2,1-5H3,(H,20,22). The number of likely N-dealkylation sites (tertiary alicyclic amines) is 1. The van der Waals surface area contributed by atoms with Crippen LogP contribution in [0.3, 0.4) is 0 Å². The van der Waals surface area contributed by atoms with E-state index in [2.05, 4.69) is 33.0 Å². The maximum absolute atomic E-state index is 12.7. The van der Waals surface area contributed by atoms with E-state index in [0.29, 0.717) is 0 Å². The van der Waals surface area contributed by atoms with Crippen molar-refractivity contribution in [3.8, 4) is 5.75 Å². The summed E-state index contributed by atoms with van der Waals surface area (Å²) in [7, 11) is 0. The van der Waals surface area contributed by atoms with Crippen molar-refractivity contribution in [2.24, 2.45) is 5.73 Å². The molecule has 1 aromatic rings. The van der Waals surface area contributed by atoms with E-state index in [1.165, 1.54) is 5.56 Å². The molecule has 3 N–H and O–H groups in total. The first-order chi connectivity index (χ1) is 10.6. The first-order valence-corrected chi connectivity index (χ1v) is 8.15. The summed E-state index contributed by atoms with van der Waals surface area (Å²) in [6.45, 7) is 10.4. The summed E-state index contributed by atoms with van der Waals surface area (Å²) in [5.41, 5.74) is 6.76. The number of benzene rings is 1. The largest absolute Gasteiger partial charge is 0.473 e. The van der Waals surface area contributed by atoms with Gasteiger partial charge in [-0.2, -0.15) is 0 Å². The van der Waals surface area contributed by atoms with Gasteiger partial charge in [-0.05, 0) is 59.6 Å². The summed E-state index contributed by atoms with van der Waals surface area (Å²) in [6.07, 6.45) is 1.59. The van der Waals surface area contributed by atoms with Crippen LogP contribution in [0.5, 0.6) is 5.75 Å². The molecule has 128 valence electrons. The lowest BCUT2D eigenvalue weighted by Gasteiger charge is -2.54. The number of carbonyl (C=O) groups is 1. The summed E-state index contributed by atoms with van der Waals surface area (Å²) in [5, 5.41) is 2.87. The number of hydrogen-bond donors (Lipinski definition) is 2. The Morgan fingerprint density at radius 3 is 2.26 bits per heavy atom. The number of piperidine rings is 1. The van der Waals surface area contributed by atoms with Crippen LogP contribution in [0.4, 0.5) is 4.79 Å². The van der Waals surface area contributed by atoms with E-state index < -0.39 is 0 Å². The molecule has 0 saturated carbocycles. The van der Waals surface area contributed by atoms with Gasteiger partial charge in [0.15, 0.2) is 6.73 Å². The van der Waals surface area contributed by atoms with Gasteiger partial charge in [-0.3, -0.25) is 0 Å². The SMILES string of the molecule is Cc1ccc(OCNC(=O)N2C(C)(C)CC(N)CC2(C)C)cc1. The van der Waals surface area contributed by atoms with E-state index in [0.717, 1.165) is 18.6 Å². The number of ether oxygens (including phenoxy) is 1. The van der Waals surface area contributed by atoms with Gasteiger partial charge in [-0.25, -0.2) is 4.79 Å². The van der Waals surface area contributed by atoms with Gasteiger partial charge in [0.1, 0.15) is 5.75 Å². The third-order valence-corrected chi connectivity index (χ3v) is 4.42. The van der Waals surface area contributed by atoms with Crippen LogP contribution in [0.1, 0.15) is 46.1 Å². The number of carbonyl (C=O) groups excluding carboxylic acids is 1. The van der Waals surface area contributed by atoms with Crippen LogP contribution in [0.2, 0.25) is 0 Å². The lowest BCUT2D eigenvalue weighted by molar-refractivity contribution is 0.00145. The average molecular weight is 319 g/mol. The molecule has 2 rings (SSSR count). The molecule has 0 atom stereocenters. The lowest BCUT2D eigenvalue weighted by atomic mass is 9.77. The Bertz CT molecular complexity index is 534. The van der Waals surface area contributed by atoms with Crippen molar-refractivity contribution in [3.63, 3.8) is 0 Å². The highest BCUT2D eigenvalue weighted by Gasteiger charge is 2.46. The number of rotatable bonds is 3. The number of nitrogens with zero attached hydrogens (tertiary/aromatic N) is 1. The average Bonchev–Trinajstić information content (AvgIpc) is 2.37. The maximum Gasteiger partial charge on any atom is 0.320 e. The second-order valence-electron chi connectivity index (χ2n) is 7.71. The molecule has 1 aliphatic heterocycles. The van der Waals surface area contributed by atoms with Crippen LogP contribution < -0.4 is 15.8 Å². The highest BCUT2D eigenvalue weighted by atomic mass is 16.5. The quantitative estimate of drug-likeness (QED) is 0.842. The smallest absolute Gasteiger partial charge is 0.320 e. The minimum absolute atomic E-state index is 0.112. The first kappa shape index (κ1) is 17.6. The zero-order valence-corrected chi connectivity index (χ0v) is 14.8. The molecule has 0 aliphatic carbocycles. The van der Waals surface area contributed by atoms with Crippen LogP contribution in [0, 0.1) is 6.92 Å². The van der Waals surface area contributed by atoms with Crippen LogP contribution in [0.25, 0.3) is 0 Å². The molecule has 23 heavy (non-hydrogen) atoms. The molecule has 0 spiro atoms. The molecular weight excluding hydrogens is 290 g/mol. The summed E-state index contributed by atoms with van der Waals surface area (Å²) in [6, 6.07) is 7.77. The van der Waals surface area contributed by atoms with Gasteiger partial charge in [0.2, 0.25) is 0 Å². The summed E-state index contributed by atoms with van der Waals surface area (Å²) >= 11 is 0. The van der Waals surface area contributed by atoms with E-state index in [-0.39, 0.29) is 29.9 Å². The van der Waals surface area contributed by atoms with Crippen LogP contribution in [-0.4, -0.2) is 34.8 Å². The third-order valence-electron chi connectivity index (χ3n) is 4.42. The van der Waals surface area contributed by atoms with Crippen molar-refractivity contribution >= 4 is 6.03 Å². The Labute approximate surface area is 139 Å². The molecule has 1 aromatic carbocycles. The zero-order chi connectivity index (χ0) is 17.3. The minimum Gasteiger partial charge on any atom is -0.473 e. The van der Waals surface area contributed by atoms with Gasteiger partial charge in [0, 0.05) is 17.1 Å². The predicted molar refractivity (Wildman–Crippen MR) is 92.4 cm³/mol. The molecule has 1 fully saturated rings. The van der Waals surface area contributed by atoms with E-state index in [1.807, 2.05) is 36.1 Å². The van der Waals surface area contributed by atoms with Gasteiger partial charge in [-0.1, -0.05) is 17.7 Å². The highest BCUT2D eigenvalue weighted by Crippen LogP contribution is 2.37. The molecule has 0 unspecified atom stereocenters. The van der Waals surface area contributed by atoms with Crippen LogP contribution in [-0.2, 0) is 0 Å². The monoisotopic (exact) mass is 319 g/mol. The first-order valence-electron chi connectivity index (χ1n) is 8.15. The molecule has 5 heteroatoms. The van der Waals surface area contributed by atoms with Crippen molar-refractivity contribution in [2.45, 2.75) is 64.6 Å². The van der Waals surface area contributed by atoms with Crippen LogP contribution in [0.15, 0.2) is 24.3 Å². The van der Waals surface area contributed by atoms with Gasteiger partial charge in [0.25, 0.3) is 0 Å². The number of nitrogens with two attached hydrogens (primary N) is 1. The Kier molecular flexibility index (Phi) is 4.90. The van der Waals surface area contributed by atoms with Crippen LogP contribution >= 0.6 is 0 Å². The fourth-order valence-corrected chi connectivity index (χ4v) is 3.80. The fourth-order valence-electron chi connectivity index (χ4n) is 3.80. The van der Waals surface area contributed by atoms with Crippen molar-refractivity contribution in [1.29, 1.82) is 0 Å². The molecule has 0 bridgehead atoms. The van der Waals surface area contributed by atoms with E-state index in [1.54, 1.807) is 0 Å². The third kappa shape index (κ3) is 4.16. The summed E-state index contributed by atoms with van der Waals surface area (Å²) < 4.78 is 5.60. The number of nitrogens with one attached hydrogen (secondary N) is 1. The number of urea groups is 1. The normalized spacial score (nSPS) is 20.2. The lowest BCUT2D eigenvalue weighted by Crippen LogP contribution is -2.67. The topological polar surface area (TPSA) is 67.6 Å². The zero-order valence-electron chi connectivity index (χ0n) is 14.8. The second-order valence-corrected chi connectivity index (χ2v) is 7.71. The Morgan fingerprint density at radius 1 is 1.22 bits per heavy atom. The number of hydrogen-bond acceptors (Lipinski definition) is 3. The van der Waals surface area contributed by atoms with Gasteiger partial charge < -0.3 is 20.7 Å². The molecule has 2 amide bonds. The van der Waals surface area contributed by atoms with Crippen molar-refractivity contribution in [2.75, 3.05) is 6.73 Å². The molecule has 1 saturated heterocycles. The van der Waals surface area contributed by atoms with Gasteiger partial charge in [0.05, 0.1) is 0 Å². The van der Waals surface area contributed by atoms with Gasteiger partial charge >= 0.3 is 6.03 Å². The number of amides is 2. The maximum atomic E-state index is 12.7. The highest BCUT2D eigenvalue weighted by molar-refractivity contribution is 5.76. The molecule has 5 nitrogen and oxygen atoms in total. The molecule has 1 heterocycles. The van der Waals surface area contributed by atoms with Crippen molar-refractivity contribution < 1.29 is 9.53 Å². The molecule has 0 radical (unpaired) electrons. The van der Waals surface area contributed by atoms with E-state index in [9.17, 15) is 4.79 Å². The van der Waals surface area contributed by atoms with Gasteiger partial charge in [-0.15, -0.1) is 0 Å². The van der Waals surface area contributed by atoms with Crippen molar-refractivity contribution in [1.82, 2.24) is 10.2 Å². The van der Waals surface area contributed by atoms with Crippen molar-refractivity contribution in [3.05, 3.63) is 29.8 Å². The van der Waals surface area contributed by atoms with E-state index >= 15 is 0 Å². The Balaban J connectivity index is 1.97. The number of aryl methyl sites for hydroxylation is 1. The minimum atomic E-state index is -0.283. The second kappa shape index (κ2) is 6.40. The Morgan fingerprint density at radius 2 is 1.74 bits per heavy atom. The molecule has 0 aromatic heterocycles. The summed E-state index contributed by atoms with van der Waals surface area (Å²) in [4.78, 5) is 14.6. The Hall–Kier alpha value is -1.75. The molecule has 1 aliphatic rings.